The van der Waals surface area contributed by atoms with Gasteiger partial charge in [-0.25, -0.2) is 0 Å². The SMILES string of the molecule is COc1ccc(C2/C(=C(\O)c3cc(C(C)(C)C)ccc3OC)C(=O)C(=O)N2c2cccc(C(F)(F)F)c2)cc1. The minimum Gasteiger partial charge on any atom is -0.507 e. The van der Waals surface area contributed by atoms with Gasteiger partial charge >= 0.3 is 6.18 Å². The Morgan fingerprint density at radius 2 is 1.54 bits per heavy atom. The number of amides is 1. The van der Waals surface area contributed by atoms with E-state index in [4.69, 9.17) is 9.47 Å². The number of carbonyl (C=O) groups is 2. The molecule has 4 rings (SSSR count). The average molecular weight is 540 g/mol. The number of alkyl halides is 3. The molecule has 1 aliphatic rings. The molecule has 1 heterocycles. The number of Topliss-reactive ketones (excluding diaryl/α,β-unsaturated/α-hetero) is 1. The van der Waals surface area contributed by atoms with Crippen LogP contribution in [-0.4, -0.2) is 31.0 Å². The van der Waals surface area contributed by atoms with Crippen molar-refractivity contribution in [3.05, 3.63) is 94.6 Å². The van der Waals surface area contributed by atoms with Gasteiger partial charge in [0.25, 0.3) is 11.7 Å². The molecule has 0 aliphatic carbocycles. The van der Waals surface area contributed by atoms with E-state index >= 15 is 0 Å². The number of nitrogens with zero attached hydrogens (tertiary/aromatic N) is 1. The van der Waals surface area contributed by atoms with Gasteiger partial charge in [-0.15, -0.1) is 0 Å². The molecule has 1 amide bonds. The van der Waals surface area contributed by atoms with Gasteiger partial charge in [-0.2, -0.15) is 13.2 Å². The molecule has 0 saturated carbocycles. The van der Waals surface area contributed by atoms with Crippen LogP contribution in [-0.2, 0) is 21.2 Å². The lowest BCUT2D eigenvalue weighted by atomic mass is 9.85. The molecule has 1 atom stereocenters. The fraction of sp³-hybridized carbons (Fsp3) is 0.267. The second kappa shape index (κ2) is 10.1. The van der Waals surface area contributed by atoms with Gasteiger partial charge in [0, 0.05) is 5.69 Å². The van der Waals surface area contributed by atoms with Gasteiger partial charge in [-0.05, 0) is 59.0 Å². The number of ketones is 1. The van der Waals surface area contributed by atoms with Crippen molar-refractivity contribution in [1.82, 2.24) is 0 Å². The molecule has 1 fully saturated rings. The van der Waals surface area contributed by atoms with Crippen LogP contribution in [0.5, 0.6) is 11.5 Å². The Labute approximate surface area is 224 Å². The number of rotatable bonds is 5. The molecule has 39 heavy (non-hydrogen) atoms. The monoisotopic (exact) mass is 539 g/mol. The Hall–Kier alpha value is -4.27. The fourth-order valence-electron chi connectivity index (χ4n) is 4.54. The van der Waals surface area contributed by atoms with Crippen molar-refractivity contribution < 1.29 is 37.3 Å². The van der Waals surface area contributed by atoms with E-state index in [1.54, 1.807) is 36.4 Å². The number of carbonyl (C=O) groups excluding carboxylic acids is 2. The summed E-state index contributed by atoms with van der Waals surface area (Å²) < 4.78 is 51.2. The van der Waals surface area contributed by atoms with Crippen LogP contribution in [0.3, 0.4) is 0 Å². The topological polar surface area (TPSA) is 76.1 Å². The highest BCUT2D eigenvalue weighted by molar-refractivity contribution is 6.51. The highest BCUT2D eigenvalue weighted by Crippen LogP contribution is 2.45. The van der Waals surface area contributed by atoms with Crippen molar-refractivity contribution in [2.45, 2.75) is 38.4 Å². The molecule has 3 aromatic carbocycles. The smallest absolute Gasteiger partial charge is 0.416 e. The largest absolute Gasteiger partial charge is 0.507 e. The van der Waals surface area contributed by atoms with Gasteiger partial charge in [0.1, 0.15) is 17.3 Å². The summed E-state index contributed by atoms with van der Waals surface area (Å²) in [4.78, 5) is 27.8. The lowest BCUT2D eigenvalue weighted by molar-refractivity contribution is -0.137. The molecule has 0 aromatic heterocycles. The van der Waals surface area contributed by atoms with Crippen molar-refractivity contribution in [3.8, 4) is 11.5 Å². The molecule has 9 heteroatoms. The van der Waals surface area contributed by atoms with Crippen LogP contribution in [0.2, 0.25) is 0 Å². The van der Waals surface area contributed by atoms with Crippen molar-refractivity contribution in [3.63, 3.8) is 0 Å². The molecule has 3 aromatic rings. The first kappa shape index (κ1) is 27.8. The maximum atomic E-state index is 13.5. The summed E-state index contributed by atoms with van der Waals surface area (Å²) in [5, 5.41) is 11.6. The van der Waals surface area contributed by atoms with Crippen LogP contribution >= 0.6 is 0 Å². The first-order chi connectivity index (χ1) is 18.3. The third kappa shape index (κ3) is 5.21. The minimum atomic E-state index is -4.67. The summed E-state index contributed by atoms with van der Waals surface area (Å²) in [7, 11) is 2.88. The first-order valence-corrected chi connectivity index (χ1v) is 12.1. The Balaban J connectivity index is 2.00. The van der Waals surface area contributed by atoms with Crippen LogP contribution in [0.25, 0.3) is 5.76 Å². The predicted octanol–water partition coefficient (Wildman–Crippen LogP) is 6.65. The molecule has 1 aliphatic heterocycles. The van der Waals surface area contributed by atoms with Crippen molar-refractivity contribution in [2.75, 3.05) is 19.1 Å². The Morgan fingerprint density at radius 3 is 2.10 bits per heavy atom. The molecule has 0 radical (unpaired) electrons. The van der Waals surface area contributed by atoms with E-state index in [-0.39, 0.29) is 28.0 Å². The first-order valence-electron chi connectivity index (χ1n) is 12.1. The number of anilines is 1. The zero-order valence-electron chi connectivity index (χ0n) is 22.1. The summed E-state index contributed by atoms with van der Waals surface area (Å²) in [5.41, 5.74) is -0.298. The third-order valence-corrected chi connectivity index (χ3v) is 6.65. The lowest BCUT2D eigenvalue weighted by Crippen LogP contribution is -2.29. The van der Waals surface area contributed by atoms with E-state index in [9.17, 15) is 27.9 Å². The van der Waals surface area contributed by atoms with Gasteiger partial charge in [0.15, 0.2) is 0 Å². The number of hydrogen-bond acceptors (Lipinski definition) is 5. The molecule has 1 saturated heterocycles. The Kier molecular flexibility index (Phi) is 7.21. The number of halogens is 3. The van der Waals surface area contributed by atoms with Crippen LogP contribution in [0, 0.1) is 0 Å². The number of benzene rings is 3. The van der Waals surface area contributed by atoms with E-state index in [1.165, 1.54) is 26.4 Å². The molecule has 1 unspecified atom stereocenters. The number of methoxy groups -OCH3 is 2. The fourth-order valence-corrected chi connectivity index (χ4v) is 4.54. The molecule has 0 spiro atoms. The standard InChI is InChI=1S/C30H28F3NO5/c1-29(2,3)18-11-14-23(39-5)22(16-18)26(35)24-25(17-9-12-21(38-4)13-10-17)34(28(37)27(24)36)20-8-6-7-19(15-20)30(31,32)33/h6-16,25,35H,1-5H3/b26-24+. The summed E-state index contributed by atoms with van der Waals surface area (Å²) in [6.45, 7) is 5.92. The van der Waals surface area contributed by atoms with Crippen LogP contribution in [0.15, 0.2) is 72.3 Å². The minimum absolute atomic E-state index is 0.137. The Morgan fingerprint density at radius 1 is 0.872 bits per heavy atom. The van der Waals surface area contributed by atoms with Gasteiger partial charge in [-0.1, -0.05) is 45.0 Å². The van der Waals surface area contributed by atoms with E-state index in [0.29, 0.717) is 11.3 Å². The zero-order chi connectivity index (χ0) is 28.7. The molecule has 1 N–H and O–H groups in total. The lowest BCUT2D eigenvalue weighted by Gasteiger charge is -2.26. The van der Waals surface area contributed by atoms with E-state index in [0.717, 1.165) is 22.6 Å². The number of hydrogen-bond donors (Lipinski definition) is 1. The molecule has 6 nitrogen and oxygen atoms in total. The number of ether oxygens (including phenoxy) is 2. The van der Waals surface area contributed by atoms with Crippen LogP contribution < -0.4 is 14.4 Å². The molecule has 204 valence electrons. The van der Waals surface area contributed by atoms with E-state index in [1.807, 2.05) is 26.8 Å². The maximum Gasteiger partial charge on any atom is 0.416 e. The van der Waals surface area contributed by atoms with Crippen LogP contribution in [0.1, 0.15) is 49.1 Å². The normalized spacial score (nSPS) is 17.4. The van der Waals surface area contributed by atoms with Gasteiger partial charge < -0.3 is 14.6 Å². The predicted molar refractivity (Wildman–Crippen MR) is 141 cm³/mol. The molecular formula is C30H28F3NO5. The van der Waals surface area contributed by atoms with Crippen molar-refractivity contribution in [1.29, 1.82) is 0 Å². The molecular weight excluding hydrogens is 511 g/mol. The number of aliphatic hydroxyl groups excluding tert-OH is 1. The highest BCUT2D eigenvalue weighted by atomic mass is 19.4. The highest BCUT2D eigenvalue weighted by Gasteiger charge is 2.47. The second-order valence-corrected chi connectivity index (χ2v) is 10.2. The third-order valence-electron chi connectivity index (χ3n) is 6.65. The Bertz CT molecular complexity index is 1450. The average Bonchev–Trinajstić information content (AvgIpc) is 3.17. The van der Waals surface area contributed by atoms with E-state index in [2.05, 4.69) is 0 Å². The maximum absolute atomic E-state index is 13.5. The van der Waals surface area contributed by atoms with Crippen molar-refractivity contribution in [2.24, 2.45) is 0 Å². The van der Waals surface area contributed by atoms with Gasteiger partial charge in [-0.3, -0.25) is 14.5 Å². The second-order valence-electron chi connectivity index (χ2n) is 10.2. The summed E-state index contributed by atoms with van der Waals surface area (Å²) >= 11 is 0. The summed E-state index contributed by atoms with van der Waals surface area (Å²) in [6, 6.07) is 14.5. The number of aliphatic hydroxyl groups is 1. The van der Waals surface area contributed by atoms with Crippen LogP contribution in [0.4, 0.5) is 18.9 Å². The quantitative estimate of drug-likeness (QED) is 0.223. The summed E-state index contributed by atoms with van der Waals surface area (Å²) in [5.74, 6) is -1.84. The van der Waals surface area contributed by atoms with E-state index < -0.39 is 35.2 Å². The summed E-state index contributed by atoms with van der Waals surface area (Å²) in [6.07, 6.45) is -4.67. The zero-order valence-corrected chi connectivity index (χ0v) is 22.1. The van der Waals surface area contributed by atoms with Crippen molar-refractivity contribution >= 4 is 23.1 Å². The molecule has 0 bridgehead atoms. The van der Waals surface area contributed by atoms with Gasteiger partial charge in [0.05, 0.1) is 37.0 Å². The van der Waals surface area contributed by atoms with Gasteiger partial charge in [0.2, 0.25) is 0 Å².